The molecule has 2 heterocycles. The summed E-state index contributed by atoms with van der Waals surface area (Å²) in [6.07, 6.45) is -3.50. The molecule has 18 heavy (non-hydrogen) atoms. The maximum absolute atomic E-state index is 11.6. The molecular formula is C9H13N3O6. The highest BCUT2D eigenvalue weighted by Crippen LogP contribution is 2.27. The molecule has 9 nitrogen and oxygen atoms in total. The third-order valence-electron chi connectivity index (χ3n) is 2.74. The third-order valence-corrected chi connectivity index (χ3v) is 2.74. The monoisotopic (exact) mass is 259 g/mol. The van der Waals surface area contributed by atoms with Crippen molar-refractivity contribution >= 4 is 5.82 Å². The van der Waals surface area contributed by atoms with Gasteiger partial charge in [-0.3, -0.25) is 15.3 Å². The molecule has 1 fully saturated rings. The molecule has 0 spiro atoms. The molecular weight excluding hydrogens is 246 g/mol. The van der Waals surface area contributed by atoms with E-state index in [1.807, 2.05) is 0 Å². The molecule has 0 aromatic carbocycles. The van der Waals surface area contributed by atoms with Crippen molar-refractivity contribution in [3.63, 3.8) is 0 Å². The largest absolute Gasteiger partial charge is 0.394 e. The van der Waals surface area contributed by atoms with E-state index in [2.05, 4.69) is 4.98 Å². The SMILES string of the molecule is O=c1nc(NO)ccn1[C@@H]1O[C@H](CO)C(O)[C@@H]1O. The van der Waals surface area contributed by atoms with Gasteiger partial charge in [-0.25, -0.2) is 4.79 Å². The summed E-state index contributed by atoms with van der Waals surface area (Å²) in [7, 11) is 0. The van der Waals surface area contributed by atoms with Crippen LogP contribution in [-0.2, 0) is 4.74 Å². The minimum Gasteiger partial charge on any atom is -0.394 e. The summed E-state index contributed by atoms with van der Waals surface area (Å²) in [5.41, 5.74) is 0.934. The van der Waals surface area contributed by atoms with Gasteiger partial charge in [0, 0.05) is 6.20 Å². The van der Waals surface area contributed by atoms with Crippen LogP contribution in [0.4, 0.5) is 5.82 Å². The first kappa shape index (κ1) is 12.9. The summed E-state index contributed by atoms with van der Waals surface area (Å²) < 4.78 is 6.13. The van der Waals surface area contributed by atoms with Crippen LogP contribution in [0.3, 0.4) is 0 Å². The normalized spacial score (nSPS) is 31.6. The molecule has 0 saturated carbocycles. The second-order valence-electron chi connectivity index (χ2n) is 3.84. The number of hydrogen-bond donors (Lipinski definition) is 5. The Morgan fingerprint density at radius 1 is 1.44 bits per heavy atom. The Kier molecular flexibility index (Phi) is 3.59. The van der Waals surface area contributed by atoms with Crippen LogP contribution in [0.15, 0.2) is 17.1 Å². The van der Waals surface area contributed by atoms with Crippen LogP contribution in [0, 0.1) is 0 Å². The Morgan fingerprint density at radius 2 is 2.17 bits per heavy atom. The molecule has 5 N–H and O–H groups in total. The number of aliphatic hydroxyl groups is 3. The first-order valence-corrected chi connectivity index (χ1v) is 5.20. The summed E-state index contributed by atoms with van der Waals surface area (Å²) in [5, 5.41) is 36.8. The van der Waals surface area contributed by atoms with Crippen molar-refractivity contribution in [1.82, 2.24) is 9.55 Å². The number of hydrogen-bond acceptors (Lipinski definition) is 8. The summed E-state index contributed by atoms with van der Waals surface area (Å²) in [6.45, 7) is -0.479. The van der Waals surface area contributed by atoms with Crippen LogP contribution < -0.4 is 11.2 Å². The minimum atomic E-state index is -1.35. The number of rotatable bonds is 3. The zero-order valence-corrected chi connectivity index (χ0v) is 9.17. The highest BCUT2D eigenvalue weighted by atomic mass is 16.6. The van der Waals surface area contributed by atoms with Crippen molar-refractivity contribution in [2.24, 2.45) is 0 Å². The van der Waals surface area contributed by atoms with Gasteiger partial charge < -0.3 is 20.1 Å². The van der Waals surface area contributed by atoms with E-state index in [0.29, 0.717) is 0 Å². The zero-order chi connectivity index (χ0) is 13.3. The van der Waals surface area contributed by atoms with Crippen LogP contribution in [-0.4, -0.2) is 55.0 Å². The lowest BCUT2D eigenvalue weighted by Crippen LogP contribution is -2.36. The molecule has 4 atom stereocenters. The van der Waals surface area contributed by atoms with Gasteiger partial charge in [0.15, 0.2) is 12.0 Å². The topological polar surface area (TPSA) is 137 Å². The van der Waals surface area contributed by atoms with Gasteiger partial charge in [0.2, 0.25) is 0 Å². The van der Waals surface area contributed by atoms with Gasteiger partial charge in [-0.2, -0.15) is 4.98 Å². The van der Waals surface area contributed by atoms with E-state index < -0.39 is 36.8 Å². The number of nitrogens with one attached hydrogen (secondary N) is 1. The van der Waals surface area contributed by atoms with Crippen LogP contribution in [0.25, 0.3) is 0 Å². The Hall–Kier alpha value is -1.52. The number of anilines is 1. The zero-order valence-electron chi connectivity index (χ0n) is 9.17. The van der Waals surface area contributed by atoms with Crippen molar-refractivity contribution in [2.45, 2.75) is 24.5 Å². The van der Waals surface area contributed by atoms with Crippen molar-refractivity contribution in [3.8, 4) is 0 Å². The smallest absolute Gasteiger partial charge is 0.351 e. The minimum absolute atomic E-state index is 0.0528. The summed E-state index contributed by atoms with van der Waals surface area (Å²) in [5.74, 6) is -0.0528. The molecule has 1 saturated heterocycles. The molecule has 2 rings (SSSR count). The number of ether oxygens (including phenoxy) is 1. The van der Waals surface area contributed by atoms with E-state index >= 15 is 0 Å². The quantitative estimate of drug-likeness (QED) is 0.381. The van der Waals surface area contributed by atoms with Gasteiger partial charge in [-0.15, -0.1) is 0 Å². The Labute approximate surface area is 101 Å². The second-order valence-corrected chi connectivity index (χ2v) is 3.84. The van der Waals surface area contributed by atoms with Crippen LogP contribution in [0.5, 0.6) is 0 Å². The molecule has 1 aromatic rings. The number of aliphatic hydroxyl groups excluding tert-OH is 3. The Balaban J connectivity index is 2.30. The van der Waals surface area contributed by atoms with E-state index in [-0.39, 0.29) is 5.82 Å². The van der Waals surface area contributed by atoms with Gasteiger partial charge in [0.05, 0.1) is 6.61 Å². The first-order valence-electron chi connectivity index (χ1n) is 5.20. The van der Waals surface area contributed by atoms with Crippen molar-refractivity contribution in [1.29, 1.82) is 0 Å². The Morgan fingerprint density at radius 3 is 2.67 bits per heavy atom. The summed E-state index contributed by atoms with van der Waals surface area (Å²) in [6, 6.07) is 1.29. The number of nitrogens with zero attached hydrogens (tertiary/aromatic N) is 2. The van der Waals surface area contributed by atoms with E-state index in [0.717, 1.165) is 4.57 Å². The fourth-order valence-corrected chi connectivity index (χ4v) is 1.78. The second kappa shape index (κ2) is 5.00. The highest BCUT2D eigenvalue weighted by Gasteiger charge is 2.43. The van der Waals surface area contributed by atoms with Gasteiger partial charge in [-0.1, -0.05) is 0 Å². The maximum Gasteiger partial charge on any atom is 0.351 e. The van der Waals surface area contributed by atoms with Crippen molar-refractivity contribution in [3.05, 3.63) is 22.7 Å². The molecule has 0 aliphatic carbocycles. The molecule has 9 heteroatoms. The molecule has 0 amide bonds. The molecule has 1 aliphatic rings. The summed E-state index contributed by atoms with van der Waals surface area (Å²) >= 11 is 0. The van der Waals surface area contributed by atoms with E-state index in [4.69, 9.17) is 15.1 Å². The van der Waals surface area contributed by atoms with Gasteiger partial charge in [0.1, 0.15) is 18.3 Å². The Bertz CT molecular complexity index is 478. The van der Waals surface area contributed by atoms with Gasteiger partial charge in [0.25, 0.3) is 0 Å². The molecule has 0 bridgehead atoms. The van der Waals surface area contributed by atoms with E-state index in [1.165, 1.54) is 12.3 Å². The van der Waals surface area contributed by atoms with Crippen LogP contribution in [0.2, 0.25) is 0 Å². The highest BCUT2D eigenvalue weighted by molar-refractivity contribution is 5.28. The molecule has 1 aromatic heterocycles. The third kappa shape index (κ3) is 2.09. The van der Waals surface area contributed by atoms with Crippen LogP contribution >= 0.6 is 0 Å². The van der Waals surface area contributed by atoms with E-state index in [9.17, 15) is 15.0 Å². The summed E-state index contributed by atoms with van der Waals surface area (Å²) in [4.78, 5) is 15.1. The molecule has 100 valence electrons. The fourth-order valence-electron chi connectivity index (χ4n) is 1.78. The van der Waals surface area contributed by atoms with Crippen molar-refractivity contribution in [2.75, 3.05) is 12.1 Å². The lowest BCUT2D eigenvalue weighted by molar-refractivity contribution is -0.0549. The molecule has 0 radical (unpaired) electrons. The van der Waals surface area contributed by atoms with Gasteiger partial charge >= 0.3 is 5.69 Å². The van der Waals surface area contributed by atoms with Crippen molar-refractivity contribution < 1.29 is 25.3 Å². The molecule has 1 aliphatic heterocycles. The fraction of sp³-hybridized carbons (Fsp3) is 0.556. The van der Waals surface area contributed by atoms with Gasteiger partial charge in [-0.05, 0) is 6.07 Å². The standard InChI is InChI=1S/C9H13N3O6/c13-3-4-6(14)7(15)8(18-4)12-2-1-5(11-17)10-9(12)16/h1-2,4,6-8,13-15,17H,3H2,(H,10,11,16)/t4-,6?,7+,8-/m1/s1. The average molecular weight is 259 g/mol. The lowest BCUT2D eigenvalue weighted by Gasteiger charge is -2.16. The first-order chi connectivity index (χ1) is 8.58. The predicted molar refractivity (Wildman–Crippen MR) is 56.9 cm³/mol. The average Bonchev–Trinajstić information content (AvgIpc) is 2.66. The van der Waals surface area contributed by atoms with Crippen LogP contribution in [0.1, 0.15) is 6.23 Å². The number of aromatic nitrogens is 2. The molecule has 1 unspecified atom stereocenters. The predicted octanol–water partition coefficient (Wildman–Crippen LogP) is -2.34. The van der Waals surface area contributed by atoms with E-state index in [1.54, 1.807) is 5.48 Å². The lowest BCUT2D eigenvalue weighted by atomic mass is 10.1. The maximum atomic E-state index is 11.6.